The number of esters is 1. The average Bonchev–Trinajstić information content (AvgIpc) is 3.19. The zero-order valence-electron chi connectivity index (χ0n) is 15.8. The molecular weight excluding hydrogens is 356 g/mol. The summed E-state index contributed by atoms with van der Waals surface area (Å²) in [7, 11) is 0. The highest BCUT2D eigenvalue weighted by Gasteiger charge is 2.24. The molecule has 0 aliphatic rings. The third-order valence-corrected chi connectivity index (χ3v) is 4.02. The molecule has 1 heterocycles. The molecule has 0 saturated carbocycles. The van der Waals surface area contributed by atoms with Gasteiger partial charge in [0.05, 0.1) is 5.69 Å². The van der Waals surface area contributed by atoms with E-state index in [1.807, 2.05) is 67.6 Å². The number of hydrogen-bond acceptors (Lipinski definition) is 5. The van der Waals surface area contributed by atoms with Crippen LogP contribution in [-0.2, 0) is 9.53 Å². The number of aromatic nitrogens is 3. The van der Waals surface area contributed by atoms with Crippen LogP contribution in [0.25, 0.3) is 17.1 Å². The second kappa shape index (κ2) is 8.94. The number of nitrogens with zero attached hydrogens (tertiary/aromatic N) is 3. The molecule has 0 saturated heterocycles. The van der Waals surface area contributed by atoms with Gasteiger partial charge in [-0.3, -0.25) is 4.79 Å². The molecule has 1 N–H and O–H groups in total. The van der Waals surface area contributed by atoms with Gasteiger partial charge in [0.15, 0.2) is 11.9 Å². The summed E-state index contributed by atoms with van der Waals surface area (Å²) < 4.78 is 6.84. The molecule has 7 nitrogen and oxygen atoms in total. The van der Waals surface area contributed by atoms with Gasteiger partial charge in [0.25, 0.3) is 11.7 Å². The van der Waals surface area contributed by atoms with Crippen LogP contribution in [0.2, 0.25) is 0 Å². The van der Waals surface area contributed by atoms with E-state index in [2.05, 4.69) is 15.4 Å². The van der Waals surface area contributed by atoms with Crippen molar-refractivity contribution in [3.63, 3.8) is 0 Å². The summed E-state index contributed by atoms with van der Waals surface area (Å²) in [4.78, 5) is 28.8. The van der Waals surface area contributed by atoms with E-state index in [4.69, 9.17) is 4.74 Å². The Labute approximate surface area is 163 Å². The summed E-state index contributed by atoms with van der Waals surface area (Å²) in [6, 6.07) is 18.8. The van der Waals surface area contributed by atoms with Crippen LogP contribution in [0, 0.1) is 0 Å². The topological polar surface area (TPSA) is 86.1 Å². The summed E-state index contributed by atoms with van der Waals surface area (Å²) in [6.45, 7) is 4.00. The monoisotopic (exact) mass is 378 g/mol. The van der Waals surface area contributed by atoms with E-state index < -0.39 is 12.1 Å². The molecule has 3 rings (SSSR count). The van der Waals surface area contributed by atoms with E-state index in [9.17, 15) is 9.59 Å². The van der Waals surface area contributed by atoms with Crippen molar-refractivity contribution in [2.75, 3.05) is 6.54 Å². The maximum absolute atomic E-state index is 12.5. The highest BCUT2D eigenvalue weighted by Crippen LogP contribution is 2.21. The minimum atomic E-state index is -0.928. The van der Waals surface area contributed by atoms with E-state index in [1.165, 1.54) is 6.92 Å². The Bertz CT molecular complexity index is 882. The fraction of sp³-hybridized carbons (Fsp3) is 0.238. The number of ether oxygens (including phenoxy) is 1. The summed E-state index contributed by atoms with van der Waals surface area (Å²) in [5.41, 5.74) is 1.58. The Balaban J connectivity index is 1.89. The van der Waals surface area contributed by atoms with Crippen molar-refractivity contribution in [1.82, 2.24) is 20.1 Å². The van der Waals surface area contributed by atoms with Gasteiger partial charge in [-0.1, -0.05) is 55.5 Å². The van der Waals surface area contributed by atoms with Crippen molar-refractivity contribution < 1.29 is 14.3 Å². The molecule has 2 aromatic carbocycles. The molecule has 1 unspecified atom stereocenters. The first-order chi connectivity index (χ1) is 13.6. The number of carbonyl (C=O) groups excluding carboxylic acids is 2. The third kappa shape index (κ3) is 4.43. The molecule has 0 spiro atoms. The van der Waals surface area contributed by atoms with Gasteiger partial charge >= 0.3 is 5.97 Å². The van der Waals surface area contributed by atoms with Gasteiger partial charge in [0.2, 0.25) is 0 Å². The summed E-state index contributed by atoms with van der Waals surface area (Å²) >= 11 is 0. The number of benzene rings is 2. The smallest absolute Gasteiger partial charge is 0.379 e. The van der Waals surface area contributed by atoms with E-state index in [1.54, 1.807) is 4.68 Å². The predicted molar refractivity (Wildman–Crippen MR) is 105 cm³/mol. The lowest BCUT2D eigenvalue weighted by atomic mass is 10.2. The molecule has 144 valence electrons. The fourth-order valence-electron chi connectivity index (χ4n) is 2.58. The van der Waals surface area contributed by atoms with Crippen LogP contribution < -0.4 is 5.32 Å². The molecule has 1 atom stereocenters. The lowest BCUT2D eigenvalue weighted by molar-refractivity contribution is -0.129. The first-order valence-corrected chi connectivity index (χ1v) is 9.16. The highest BCUT2D eigenvalue weighted by molar-refractivity contribution is 5.89. The Kier molecular flexibility index (Phi) is 6.16. The largest absolute Gasteiger partial charge is 0.447 e. The van der Waals surface area contributed by atoms with Gasteiger partial charge in [0.1, 0.15) is 0 Å². The molecule has 0 aliphatic carbocycles. The Morgan fingerprint density at radius 1 is 1.07 bits per heavy atom. The Hall–Kier alpha value is -3.48. The molecule has 28 heavy (non-hydrogen) atoms. The average molecular weight is 378 g/mol. The highest BCUT2D eigenvalue weighted by atomic mass is 16.5. The minimum Gasteiger partial charge on any atom is -0.447 e. The maximum atomic E-state index is 12.5. The van der Waals surface area contributed by atoms with E-state index in [0.717, 1.165) is 17.7 Å². The van der Waals surface area contributed by atoms with Crippen LogP contribution in [0.4, 0.5) is 0 Å². The van der Waals surface area contributed by atoms with E-state index in [0.29, 0.717) is 12.4 Å². The summed E-state index contributed by atoms with van der Waals surface area (Å²) in [5.74, 6) is -0.674. The Morgan fingerprint density at radius 3 is 2.36 bits per heavy atom. The molecule has 7 heteroatoms. The van der Waals surface area contributed by atoms with Gasteiger partial charge in [-0.15, -0.1) is 5.10 Å². The first-order valence-electron chi connectivity index (χ1n) is 9.16. The number of para-hydroxylation sites is 1. The van der Waals surface area contributed by atoms with Crippen LogP contribution in [0.1, 0.15) is 30.9 Å². The van der Waals surface area contributed by atoms with E-state index in [-0.39, 0.29) is 11.7 Å². The molecule has 0 bridgehead atoms. The zero-order valence-corrected chi connectivity index (χ0v) is 15.8. The SMILES string of the molecule is CCCNC(=O)C(C)OC(=O)c1nc(-c2ccccc2)n(-c2ccccc2)n1. The standard InChI is InChI=1S/C21H22N4O3/c1-3-14-22-20(26)15(2)28-21(27)18-23-19(16-10-6-4-7-11-16)25(24-18)17-12-8-5-9-13-17/h4-13,15H,3,14H2,1-2H3,(H,22,26). The fourth-order valence-corrected chi connectivity index (χ4v) is 2.58. The number of hydrogen-bond donors (Lipinski definition) is 1. The molecule has 3 aromatic rings. The van der Waals surface area contributed by atoms with Crippen molar-refractivity contribution in [2.24, 2.45) is 0 Å². The summed E-state index contributed by atoms with van der Waals surface area (Å²) in [6.07, 6.45) is -0.126. The van der Waals surface area contributed by atoms with Crippen LogP contribution >= 0.6 is 0 Å². The first kappa shape index (κ1) is 19.3. The maximum Gasteiger partial charge on any atom is 0.379 e. The summed E-state index contributed by atoms with van der Waals surface area (Å²) in [5, 5.41) is 7.03. The number of amides is 1. The lowest BCUT2D eigenvalue weighted by Gasteiger charge is -2.11. The van der Waals surface area contributed by atoms with Crippen molar-refractivity contribution in [1.29, 1.82) is 0 Å². The second-order valence-electron chi connectivity index (χ2n) is 6.21. The second-order valence-corrected chi connectivity index (χ2v) is 6.21. The van der Waals surface area contributed by atoms with Crippen LogP contribution in [-0.4, -0.2) is 39.3 Å². The van der Waals surface area contributed by atoms with Crippen molar-refractivity contribution >= 4 is 11.9 Å². The van der Waals surface area contributed by atoms with Crippen LogP contribution in [0.3, 0.4) is 0 Å². The molecule has 0 aliphatic heterocycles. The molecular formula is C21H22N4O3. The van der Waals surface area contributed by atoms with E-state index >= 15 is 0 Å². The zero-order chi connectivity index (χ0) is 19.9. The number of nitrogens with one attached hydrogen (secondary N) is 1. The van der Waals surface area contributed by atoms with Gasteiger partial charge < -0.3 is 10.1 Å². The van der Waals surface area contributed by atoms with Gasteiger partial charge in [-0.05, 0) is 25.5 Å². The minimum absolute atomic E-state index is 0.0992. The quantitative estimate of drug-likeness (QED) is 0.639. The van der Waals surface area contributed by atoms with Crippen molar-refractivity contribution in [3.05, 3.63) is 66.5 Å². The molecule has 1 amide bonds. The third-order valence-electron chi connectivity index (χ3n) is 4.02. The van der Waals surface area contributed by atoms with Gasteiger partial charge in [0, 0.05) is 12.1 Å². The van der Waals surface area contributed by atoms with Crippen molar-refractivity contribution in [3.8, 4) is 17.1 Å². The van der Waals surface area contributed by atoms with Gasteiger partial charge in [-0.25, -0.2) is 14.5 Å². The normalized spacial score (nSPS) is 11.6. The predicted octanol–water partition coefficient (Wildman–Crippen LogP) is 3.01. The number of rotatable bonds is 7. The lowest BCUT2D eigenvalue weighted by Crippen LogP contribution is -2.36. The molecule has 0 radical (unpaired) electrons. The molecule has 0 fully saturated rings. The molecule has 1 aromatic heterocycles. The van der Waals surface area contributed by atoms with Crippen LogP contribution in [0.15, 0.2) is 60.7 Å². The Morgan fingerprint density at radius 2 is 1.71 bits per heavy atom. The van der Waals surface area contributed by atoms with Crippen LogP contribution in [0.5, 0.6) is 0 Å². The number of carbonyl (C=O) groups is 2. The van der Waals surface area contributed by atoms with Crippen molar-refractivity contribution in [2.45, 2.75) is 26.4 Å². The van der Waals surface area contributed by atoms with Gasteiger partial charge in [-0.2, -0.15) is 0 Å².